The van der Waals surface area contributed by atoms with Crippen LogP contribution in [0.2, 0.25) is 5.02 Å². The number of nitrogens with one attached hydrogen (secondary N) is 2. The van der Waals surface area contributed by atoms with Crippen molar-refractivity contribution in [2.45, 2.75) is 38.3 Å². The Morgan fingerprint density at radius 1 is 1.43 bits per heavy atom. The van der Waals surface area contributed by atoms with Crippen LogP contribution in [0.4, 0.5) is 4.39 Å². The molecule has 0 radical (unpaired) electrons. The van der Waals surface area contributed by atoms with Crippen molar-refractivity contribution in [2.24, 2.45) is 5.92 Å². The Balaban J connectivity index is 1.52. The van der Waals surface area contributed by atoms with Crippen molar-refractivity contribution in [3.63, 3.8) is 0 Å². The summed E-state index contributed by atoms with van der Waals surface area (Å²) in [4.78, 5) is 4.36. The fraction of sp³-hybridized carbons (Fsp3) is 0.500. The fourth-order valence-corrected chi connectivity index (χ4v) is 3.37. The molecule has 1 heterocycles. The third-order valence-corrected chi connectivity index (χ3v) is 4.73. The van der Waals surface area contributed by atoms with Crippen molar-refractivity contribution < 1.29 is 9.50 Å². The van der Waals surface area contributed by atoms with Gasteiger partial charge in [-0.2, -0.15) is 5.10 Å². The molecule has 5 nitrogen and oxygen atoms in total. The van der Waals surface area contributed by atoms with Gasteiger partial charge in [0, 0.05) is 24.0 Å². The van der Waals surface area contributed by atoms with Crippen LogP contribution in [-0.4, -0.2) is 32.9 Å². The van der Waals surface area contributed by atoms with Gasteiger partial charge in [-0.1, -0.05) is 17.7 Å². The lowest BCUT2D eigenvalue weighted by Crippen LogP contribution is -2.27. The van der Waals surface area contributed by atoms with Crippen LogP contribution in [-0.2, 0) is 6.54 Å². The molecular weight excluding hydrogens is 319 g/mol. The molecule has 124 valence electrons. The molecule has 1 fully saturated rings. The van der Waals surface area contributed by atoms with Gasteiger partial charge in [-0.05, 0) is 43.4 Å². The topological polar surface area (TPSA) is 73.8 Å². The Hall–Kier alpha value is -1.50. The summed E-state index contributed by atoms with van der Waals surface area (Å²) in [6.45, 7) is 3.09. The van der Waals surface area contributed by atoms with Crippen molar-refractivity contribution >= 4 is 11.6 Å². The zero-order chi connectivity index (χ0) is 16.4. The first-order chi connectivity index (χ1) is 11.0. The van der Waals surface area contributed by atoms with Gasteiger partial charge in [0.1, 0.15) is 11.6 Å². The van der Waals surface area contributed by atoms with Crippen molar-refractivity contribution in [2.75, 3.05) is 6.54 Å². The minimum Gasteiger partial charge on any atom is -0.393 e. The van der Waals surface area contributed by atoms with Crippen LogP contribution in [0.5, 0.6) is 0 Å². The van der Waals surface area contributed by atoms with Gasteiger partial charge < -0.3 is 10.4 Å². The lowest BCUT2D eigenvalue weighted by molar-refractivity contribution is 0.131. The molecule has 7 heteroatoms. The molecule has 1 unspecified atom stereocenters. The van der Waals surface area contributed by atoms with Crippen molar-refractivity contribution in [1.29, 1.82) is 0 Å². The van der Waals surface area contributed by atoms with Gasteiger partial charge in [0.05, 0.1) is 6.10 Å². The van der Waals surface area contributed by atoms with E-state index in [0.29, 0.717) is 24.5 Å². The Morgan fingerprint density at radius 3 is 2.96 bits per heavy atom. The SMILES string of the molecule is Cc1nc(C2C[C@H](CNCc3ccc(F)cc3Cl)[C@H](O)C2)n[nH]1. The van der Waals surface area contributed by atoms with Crippen LogP contribution in [0.3, 0.4) is 0 Å². The van der Waals surface area contributed by atoms with Gasteiger partial charge in [0.15, 0.2) is 5.82 Å². The summed E-state index contributed by atoms with van der Waals surface area (Å²) in [6, 6.07) is 4.38. The highest BCUT2D eigenvalue weighted by molar-refractivity contribution is 6.31. The summed E-state index contributed by atoms with van der Waals surface area (Å²) in [5.41, 5.74) is 0.849. The third-order valence-electron chi connectivity index (χ3n) is 4.37. The van der Waals surface area contributed by atoms with Gasteiger partial charge in [-0.25, -0.2) is 9.37 Å². The van der Waals surface area contributed by atoms with E-state index in [9.17, 15) is 9.50 Å². The van der Waals surface area contributed by atoms with E-state index in [1.165, 1.54) is 12.1 Å². The van der Waals surface area contributed by atoms with Crippen molar-refractivity contribution in [1.82, 2.24) is 20.5 Å². The average Bonchev–Trinajstić information content (AvgIpc) is 3.08. The minimum absolute atomic E-state index is 0.151. The highest BCUT2D eigenvalue weighted by atomic mass is 35.5. The number of aliphatic hydroxyl groups is 1. The molecule has 0 amide bonds. The predicted molar refractivity (Wildman–Crippen MR) is 85.7 cm³/mol. The predicted octanol–water partition coefficient (Wildman–Crippen LogP) is 2.55. The van der Waals surface area contributed by atoms with E-state index in [1.807, 2.05) is 6.92 Å². The van der Waals surface area contributed by atoms with Crippen LogP contribution in [0, 0.1) is 18.7 Å². The molecule has 0 spiro atoms. The molecule has 1 saturated carbocycles. The zero-order valence-corrected chi connectivity index (χ0v) is 13.6. The summed E-state index contributed by atoms with van der Waals surface area (Å²) in [5.74, 6) is 1.58. The minimum atomic E-state index is -0.366. The Labute approximate surface area is 139 Å². The molecule has 0 bridgehead atoms. The molecule has 23 heavy (non-hydrogen) atoms. The molecule has 3 atom stereocenters. The van der Waals surface area contributed by atoms with Gasteiger partial charge in [0.25, 0.3) is 0 Å². The second kappa shape index (κ2) is 6.95. The molecular formula is C16H20ClFN4O. The van der Waals surface area contributed by atoms with E-state index in [1.54, 1.807) is 6.07 Å². The standard InChI is InChI=1S/C16H20ClFN4O/c1-9-20-16(22-21-9)11-4-12(15(23)5-11)8-19-7-10-2-3-13(18)6-14(10)17/h2-3,6,11-12,15,19,23H,4-5,7-8H2,1H3,(H,20,21,22)/t11?,12-,15-/m1/s1. The maximum absolute atomic E-state index is 13.0. The Bertz CT molecular complexity index is 678. The van der Waals surface area contributed by atoms with Gasteiger partial charge in [-0.15, -0.1) is 0 Å². The number of nitrogens with zero attached hydrogens (tertiary/aromatic N) is 2. The van der Waals surface area contributed by atoms with Crippen LogP contribution in [0.25, 0.3) is 0 Å². The average molecular weight is 339 g/mol. The normalized spacial score (nSPS) is 24.3. The summed E-state index contributed by atoms with van der Waals surface area (Å²) in [5, 5.41) is 21.0. The molecule has 3 rings (SSSR count). The molecule has 3 N–H and O–H groups in total. The number of halogens is 2. The van der Waals surface area contributed by atoms with Crippen LogP contribution < -0.4 is 5.32 Å². The lowest BCUT2D eigenvalue weighted by Gasteiger charge is -2.15. The summed E-state index contributed by atoms with van der Waals surface area (Å²) in [6.07, 6.45) is 1.17. The number of hydrogen-bond acceptors (Lipinski definition) is 4. The number of aryl methyl sites for hydroxylation is 1. The number of rotatable bonds is 5. The quantitative estimate of drug-likeness (QED) is 0.783. The van der Waals surface area contributed by atoms with Crippen molar-refractivity contribution in [3.05, 3.63) is 46.3 Å². The molecule has 1 aromatic heterocycles. The lowest BCUT2D eigenvalue weighted by atomic mass is 10.0. The van der Waals surface area contributed by atoms with Gasteiger partial charge >= 0.3 is 0 Å². The summed E-state index contributed by atoms with van der Waals surface area (Å²) in [7, 11) is 0. The van der Waals surface area contributed by atoms with E-state index in [4.69, 9.17) is 11.6 Å². The van der Waals surface area contributed by atoms with E-state index < -0.39 is 0 Å². The number of aliphatic hydroxyl groups excluding tert-OH is 1. The molecule has 1 aliphatic rings. The number of aromatic amines is 1. The molecule has 2 aromatic rings. The van der Waals surface area contributed by atoms with Crippen LogP contribution in [0.15, 0.2) is 18.2 Å². The Morgan fingerprint density at radius 2 is 2.26 bits per heavy atom. The van der Waals surface area contributed by atoms with Crippen LogP contribution >= 0.6 is 11.6 Å². The largest absolute Gasteiger partial charge is 0.393 e. The van der Waals surface area contributed by atoms with Crippen LogP contribution in [0.1, 0.15) is 36.0 Å². The molecule has 0 aliphatic heterocycles. The summed E-state index contributed by atoms with van der Waals surface area (Å²) >= 11 is 6.01. The van der Waals surface area contributed by atoms with Gasteiger partial charge in [-0.3, -0.25) is 5.10 Å². The second-order valence-corrected chi connectivity index (χ2v) is 6.55. The first-order valence-corrected chi connectivity index (χ1v) is 8.12. The summed E-state index contributed by atoms with van der Waals surface area (Å²) < 4.78 is 13.0. The Kier molecular flexibility index (Phi) is 4.94. The van der Waals surface area contributed by atoms with E-state index in [-0.39, 0.29) is 23.8 Å². The van der Waals surface area contributed by atoms with Crippen molar-refractivity contribution in [3.8, 4) is 0 Å². The zero-order valence-electron chi connectivity index (χ0n) is 12.9. The fourth-order valence-electron chi connectivity index (χ4n) is 3.13. The number of hydrogen-bond donors (Lipinski definition) is 3. The second-order valence-electron chi connectivity index (χ2n) is 6.14. The monoisotopic (exact) mass is 338 g/mol. The maximum Gasteiger partial charge on any atom is 0.153 e. The first kappa shape index (κ1) is 16.4. The first-order valence-electron chi connectivity index (χ1n) is 7.74. The smallest absolute Gasteiger partial charge is 0.153 e. The van der Waals surface area contributed by atoms with E-state index in [2.05, 4.69) is 20.5 Å². The molecule has 0 saturated heterocycles. The third kappa shape index (κ3) is 3.88. The number of aromatic nitrogens is 3. The maximum atomic E-state index is 13.0. The highest BCUT2D eigenvalue weighted by Gasteiger charge is 2.35. The highest BCUT2D eigenvalue weighted by Crippen LogP contribution is 2.36. The molecule has 1 aliphatic carbocycles. The number of benzene rings is 1. The van der Waals surface area contributed by atoms with E-state index in [0.717, 1.165) is 23.6 Å². The number of H-pyrrole nitrogens is 1. The molecule has 1 aromatic carbocycles. The van der Waals surface area contributed by atoms with Gasteiger partial charge in [0.2, 0.25) is 0 Å². The van der Waals surface area contributed by atoms with E-state index >= 15 is 0 Å².